The van der Waals surface area contributed by atoms with Crippen LogP contribution in [-0.2, 0) is 27.5 Å². The molecular formula is C13H14O5. The van der Waals surface area contributed by atoms with Gasteiger partial charge in [-0.05, 0) is 24.3 Å². The van der Waals surface area contributed by atoms with E-state index in [1.165, 1.54) is 0 Å². The average Bonchev–Trinajstić information content (AvgIpc) is 2.88. The van der Waals surface area contributed by atoms with Crippen LogP contribution in [0.2, 0.25) is 0 Å². The van der Waals surface area contributed by atoms with Gasteiger partial charge < -0.3 is 23.1 Å². The molecule has 3 heterocycles. The largest absolute Gasteiger partial charge is 0.467 e. The summed E-state index contributed by atoms with van der Waals surface area (Å²) < 4.78 is 20.0. The molecule has 1 unspecified atom stereocenters. The van der Waals surface area contributed by atoms with Gasteiger partial charge in [-0.1, -0.05) is 0 Å². The maximum Gasteiger partial charge on any atom is 0.151 e. The van der Waals surface area contributed by atoms with Crippen LogP contribution in [0.4, 0.5) is 0 Å². The SMILES string of the molecule is O=CC1CO1.c1coc(COCc2ccco2)c1. The highest BCUT2D eigenvalue weighted by Gasteiger charge is 2.19. The third kappa shape index (κ3) is 4.57. The van der Waals surface area contributed by atoms with Crippen molar-refractivity contribution in [2.75, 3.05) is 6.61 Å². The number of hydrogen-bond acceptors (Lipinski definition) is 5. The number of rotatable bonds is 5. The average molecular weight is 250 g/mol. The maximum atomic E-state index is 9.44. The zero-order chi connectivity index (χ0) is 12.6. The standard InChI is InChI=1S/C10H10O3.C3H4O2/c1-3-9(12-5-1)7-11-8-10-4-2-6-13-10;4-1-3-2-5-3/h1-6H,7-8H2;1,3H,2H2. The Hall–Kier alpha value is -1.85. The predicted molar refractivity (Wildman–Crippen MR) is 61.7 cm³/mol. The van der Waals surface area contributed by atoms with Gasteiger partial charge in [0.15, 0.2) is 6.29 Å². The number of furan rings is 2. The third-order valence-corrected chi connectivity index (χ3v) is 2.16. The summed E-state index contributed by atoms with van der Waals surface area (Å²) in [6, 6.07) is 7.43. The third-order valence-electron chi connectivity index (χ3n) is 2.16. The quantitative estimate of drug-likeness (QED) is 0.601. The summed E-state index contributed by atoms with van der Waals surface area (Å²) >= 11 is 0. The van der Waals surface area contributed by atoms with E-state index in [2.05, 4.69) is 4.74 Å². The van der Waals surface area contributed by atoms with Crippen molar-refractivity contribution in [1.29, 1.82) is 0 Å². The van der Waals surface area contributed by atoms with Gasteiger partial charge in [-0.25, -0.2) is 0 Å². The topological polar surface area (TPSA) is 65.1 Å². The van der Waals surface area contributed by atoms with E-state index >= 15 is 0 Å². The lowest BCUT2D eigenvalue weighted by molar-refractivity contribution is -0.108. The Labute approximate surface area is 104 Å². The summed E-state index contributed by atoms with van der Waals surface area (Å²) in [5.74, 6) is 1.65. The molecule has 0 radical (unpaired) electrons. The van der Waals surface area contributed by atoms with E-state index in [4.69, 9.17) is 13.6 Å². The van der Waals surface area contributed by atoms with Gasteiger partial charge in [-0.2, -0.15) is 0 Å². The van der Waals surface area contributed by atoms with Gasteiger partial charge in [-0.15, -0.1) is 0 Å². The summed E-state index contributed by atoms with van der Waals surface area (Å²) in [6.45, 7) is 1.60. The highest BCUT2D eigenvalue weighted by molar-refractivity contribution is 5.58. The lowest BCUT2D eigenvalue weighted by Crippen LogP contribution is -1.90. The lowest BCUT2D eigenvalue weighted by atomic mass is 10.4. The first-order valence-corrected chi connectivity index (χ1v) is 5.58. The first-order valence-electron chi connectivity index (χ1n) is 5.58. The highest BCUT2D eigenvalue weighted by atomic mass is 16.6. The van der Waals surface area contributed by atoms with Crippen LogP contribution in [0.5, 0.6) is 0 Å². The minimum Gasteiger partial charge on any atom is -0.467 e. The molecule has 5 heteroatoms. The monoisotopic (exact) mass is 250 g/mol. The van der Waals surface area contributed by atoms with Gasteiger partial charge in [0.2, 0.25) is 0 Å². The lowest BCUT2D eigenvalue weighted by Gasteiger charge is -1.98. The number of ether oxygens (including phenoxy) is 2. The van der Waals surface area contributed by atoms with Crippen molar-refractivity contribution in [2.24, 2.45) is 0 Å². The molecule has 1 fully saturated rings. The van der Waals surface area contributed by atoms with Crippen molar-refractivity contribution >= 4 is 6.29 Å². The van der Waals surface area contributed by atoms with Gasteiger partial charge in [0, 0.05) is 0 Å². The Morgan fingerprint density at radius 3 is 2.00 bits per heavy atom. The van der Waals surface area contributed by atoms with Crippen LogP contribution >= 0.6 is 0 Å². The van der Waals surface area contributed by atoms with Crippen LogP contribution in [0.1, 0.15) is 11.5 Å². The van der Waals surface area contributed by atoms with E-state index in [-0.39, 0.29) is 6.10 Å². The van der Waals surface area contributed by atoms with Crippen LogP contribution < -0.4 is 0 Å². The van der Waals surface area contributed by atoms with Gasteiger partial charge in [0.1, 0.15) is 30.8 Å². The van der Waals surface area contributed by atoms with E-state index in [0.29, 0.717) is 19.8 Å². The van der Waals surface area contributed by atoms with Crippen LogP contribution in [-0.4, -0.2) is 19.0 Å². The molecule has 1 aliphatic heterocycles. The number of epoxide rings is 1. The predicted octanol–water partition coefficient (Wildman–Crippen LogP) is 2.17. The summed E-state index contributed by atoms with van der Waals surface area (Å²) in [5.41, 5.74) is 0. The molecule has 0 spiro atoms. The van der Waals surface area contributed by atoms with E-state index in [1.807, 2.05) is 24.3 Å². The van der Waals surface area contributed by atoms with Gasteiger partial charge in [0.25, 0.3) is 0 Å². The summed E-state index contributed by atoms with van der Waals surface area (Å²) in [4.78, 5) is 9.44. The minimum absolute atomic E-state index is 0.0463. The summed E-state index contributed by atoms with van der Waals surface area (Å²) in [7, 11) is 0. The Kier molecular flexibility index (Phi) is 4.75. The molecule has 0 bridgehead atoms. The zero-order valence-corrected chi connectivity index (χ0v) is 9.78. The molecule has 18 heavy (non-hydrogen) atoms. The molecule has 1 saturated heterocycles. The molecule has 2 aromatic rings. The first-order chi connectivity index (χ1) is 8.88. The molecule has 0 amide bonds. The van der Waals surface area contributed by atoms with Crippen molar-refractivity contribution in [1.82, 2.24) is 0 Å². The van der Waals surface area contributed by atoms with Crippen molar-refractivity contribution < 1.29 is 23.1 Å². The first kappa shape index (κ1) is 12.6. The fourth-order valence-electron chi connectivity index (χ4n) is 1.18. The highest BCUT2D eigenvalue weighted by Crippen LogP contribution is 2.06. The molecule has 0 N–H and O–H groups in total. The van der Waals surface area contributed by atoms with Crippen molar-refractivity contribution in [3.8, 4) is 0 Å². The smallest absolute Gasteiger partial charge is 0.151 e. The molecule has 2 aromatic heterocycles. The van der Waals surface area contributed by atoms with Gasteiger partial charge >= 0.3 is 0 Å². The maximum absolute atomic E-state index is 9.44. The Balaban J connectivity index is 0.000000202. The van der Waals surface area contributed by atoms with Crippen LogP contribution in [0, 0.1) is 0 Å². The van der Waals surface area contributed by atoms with Crippen LogP contribution in [0.15, 0.2) is 45.6 Å². The van der Waals surface area contributed by atoms with Gasteiger partial charge in [-0.3, -0.25) is 0 Å². The van der Waals surface area contributed by atoms with E-state index < -0.39 is 0 Å². The number of carbonyl (C=O) groups excluding carboxylic acids is 1. The van der Waals surface area contributed by atoms with Crippen LogP contribution in [0.3, 0.4) is 0 Å². The molecule has 5 nitrogen and oxygen atoms in total. The molecule has 1 aliphatic rings. The van der Waals surface area contributed by atoms with Crippen LogP contribution in [0.25, 0.3) is 0 Å². The van der Waals surface area contributed by atoms with Crippen molar-refractivity contribution in [2.45, 2.75) is 19.3 Å². The Morgan fingerprint density at radius 2 is 1.72 bits per heavy atom. The Bertz CT molecular complexity index is 394. The van der Waals surface area contributed by atoms with E-state index in [1.54, 1.807) is 12.5 Å². The second-order valence-electron chi connectivity index (χ2n) is 3.66. The second kappa shape index (κ2) is 6.78. The molecular weight excluding hydrogens is 236 g/mol. The van der Waals surface area contributed by atoms with Crippen molar-refractivity contribution in [3.05, 3.63) is 48.3 Å². The van der Waals surface area contributed by atoms with Crippen molar-refractivity contribution in [3.63, 3.8) is 0 Å². The zero-order valence-electron chi connectivity index (χ0n) is 9.78. The molecule has 0 aromatic carbocycles. The molecule has 3 rings (SSSR count). The molecule has 96 valence electrons. The van der Waals surface area contributed by atoms with Gasteiger partial charge in [0.05, 0.1) is 19.1 Å². The number of aldehydes is 1. The molecule has 1 atom stereocenters. The summed E-state index contributed by atoms with van der Waals surface area (Å²) in [5, 5.41) is 0. The Morgan fingerprint density at radius 1 is 1.17 bits per heavy atom. The van der Waals surface area contributed by atoms with E-state index in [9.17, 15) is 4.79 Å². The molecule has 0 aliphatic carbocycles. The van der Waals surface area contributed by atoms with E-state index in [0.717, 1.165) is 17.8 Å². The summed E-state index contributed by atoms with van der Waals surface area (Å²) in [6.07, 6.45) is 4.02. The normalized spacial score (nSPS) is 16.8. The second-order valence-corrected chi connectivity index (χ2v) is 3.66. The fraction of sp³-hybridized carbons (Fsp3) is 0.308. The number of carbonyl (C=O) groups is 1. The minimum atomic E-state index is -0.0463. The fourth-order valence-corrected chi connectivity index (χ4v) is 1.18. The number of hydrogen-bond donors (Lipinski definition) is 0. The molecule has 0 saturated carbocycles.